The van der Waals surface area contributed by atoms with E-state index in [1.165, 1.54) is 14.0 Å². The van der Waals surface area contributed by atoms with Crippen molar-refractivity contribution in [3.63, 3.8) is 0 Å². The summed E-state index contributed by atoms with van der Waals surface area (Å²) in [5.41, 5.74) is 2.60. The molecule has 0 heterocycles. The van der Waals surface area contributed by atoms with E-state index in [1.54, 1.807) is 31.4 Å². The van der Waals surface area contributed by atoms with Crippen molar-refractivity contribution in [1.82, 2.24) is 0 Å². The molecule has 0 aliphatic rings. The molecule has 0 unspecified atom stereocenters. The number of carbonyl (C=O) groups excluding carboxylic acids is 1. The molecule has 0 aliphatic carbocycles. The van der Waals surface area contributed by atoms with Crippen molar-refractivity contribution in [2.75, 3.05) is 19.1 Å². The summed E-state index contributed by atoms with van der Waals surface area (Å²) in [6.07, 6.45) is -0.753. The van der Waals surface area contributed by atoms with Crippen LogP contribution in [0.4, 0.5) is 10.5 Å². The number of carboxylic acid groups (broad SMARTS) is 1. The summed E-state index contributed by atoms with van der Waals surface area (Å²) in [4.78, 5) is 26.1. The first-order valence-electron chi connectivity index (χ1n) is 10.0. The zero-order valence-corrected chi connectivity index (χ0v) is 18.1. The molecule has 0 spiro atoms. The fourth-order valence-corrected chi connectivity index (χ4v) is 3.30. The molecule has 0 bridgehead atoms. The number of benzene rings is 3. The second-order valence-corrected chi connectivity index (χ2v) is 7.01. The highest BCUT2D eigenvalue weighted by Gasteiger charge is 2.30. The van der Waals surface area contributed by atoms with Crippen LogP contribution in [-0.4, -0.2) is 37.4 Å². The van der Waals surface area contributed by atoms with E-state index in [4.69, 9.17) is 14.2 Å². The molecule has 0 saturated heterocycles. The van der Waals surface area contributed by atoms with Gasteiger partial charge >= 0.3 is 12.1 Å². The van der Waals surface area contributed by atoms with Gasteiger partial charge in [-0.1, -0.05) is 54.6 Å². The van der Waals surface area contributed by atoms with Crippen LogP contribution in [0.2, 0.25) is 0 Å². The Morgan fingerprint density at radius 3 is 2.22 bits per heavy atom. The predicted molar refractivity (Wildman–Crippen MR) is 121 cm³/mol. The van der Waals surface area contributed by atoms with Gasteiger partial charge in [0.1, 0.15) is 12.6 Å². The number of para-hydroxylation sites is 1. The van der Waals surface area contributed by atoms with E-state index in [2.05, 4.69) is 0 Å². The average molecular weight is 435 g/mol. The van der Waals surface area contributed by atoms with Crippen LogP contribution in [0.25, 0.3) is 11.1 Å². The van der Waals surface area contributed by atoms with Crippen molar-refractivity contribution < 1.29 is 28.9 Å². The van der Waals surface area contributed by atoms with E-state index in [0.717, 1.165) is 16.0 Å². The maximum atomic E-state index is 13.1. The van der Waals surface area contributed by atoms with E-state index in [9.17, 15) is 14.7 Å². The molecule has 3 aromatic rings. The first-order chi connectivity index (χ1) is 15.5. The first kappa shape index (κ1) is 22.7. The molecule has 32 heavy (non-hydrogen) atoms. The van der Waals surface area contributed by atoms with E-state index in [1.807, 2.05) is 48.5 Å². The summed E-state index contributed by atoms with van der Waals surface area (Å²) in [6, 6.07) is 20.5. The van der Waals surface area contributed by atoms with Gasteiger partial charge in [-0.25, -0.2) is 9.59 Å². The Morgan fingerprint density at radius 1 is 0.906 bits per heavy atom. The van der Waals surface area contributed by atoms with Gasteiger partial charge in [0.15, 0.2) is 11.5 Å². The molecular weight excluding hydrogens is 410 g/mol. The average Bonchev–Trinajstić information content (AvgIpc) is 2.83. The van der Waals surface area contributed by atoms with Crippen LogP contribution in [0, 0.1) is 0 Å². The standard InChI is InChI=1S/C25H25NO6/c1-17(24(27)28)26(25(29)32-16-18-9-5-4-6-10-18)21-12-8-7-11-20(21)19-13-14-22(30-2)23(15-19)31-3/h4-15,17H,16H2,1-3H3,(H,27,28)/t17-/m0/s1. The summed E-state index contributed by atoms with van der Waals surface area (Å²) in [5, 5.41) is 9.67. The minimum atomic E-state index is -1.15. The molecule has 0 aliphatic heterocycles. The summed E-state index contributed by atoms with van der Waals surface area (Å²) < 4.78 is 16.2. The molecule has 166 valence electrons. The quantitative estimate of drug-likeness (QED) is 0.537. The van der Waals surface area contributed by atoms with Crippen molar-refractivity contribution in [3.8, 4) is 22.6 Å². The minimum absolute atomic E-state index is 0.0288. The zero-order chi connectivity index (χ0) is 23.1. The van der Waals surface area contributed by atoms with Crippen LogP contribution in [-0.2, 0) is 16.1 Å². The maximum Gasteiger partial charge on any atom is 0.415 e. The number of hydrogen-bond donors (Lipinski definition) is 1. The highest BCUT2D eigenvalue weighted by atomic mass is 16.6. The van der Waals surface area contributed by atoms with Crippen molar-refractivity contribution in [1.29, 1.82) is 0 Å². The largest absolute Gasteiger partial charge is 0.493 e. The van der Waals surface area contributed by atoms with Crippen molar-refractivity contribution in [3.05, 3.63) is 78.4 Å². The van der Waals surface area contributed by atoms with Crippen LogP contribution in [0.3, 0.4) is 0 Å². The molecular formula is C25H25NO6. The monoisotopic (exact) mass is 435 g/mol. The Labute approximate surface area is 186 Å². The predicted octanol–water partition coefficient (Wildman–Crippen LogP) is 4.99. The Balaban J connectivity index is 2.01. The number of methoxy groups -OCH3 is 2. The van der Waals surface area contributed by atoms with Gasteiger partial charge in [-0.05, 0) is 36.2 Å². The van der Waals surface area contributed by atoms with Gasteiger partial charge < -0.3 is 19.3 Å². The Hall–Kier alpha value is -4.00. The molecule has 7 heteroatoms. The van der Waals surface area contributed by atoms with Crippen LogP contribution < -0.4 is 14.4 Å². The molecule has 0 aromatic heterocycles. The van der Waals surface area contributed by atoms with E-state index < -0.39 is 18.1 Å². The number of carbonyl (C=O) groups is 2. The number of aliphatic carboxylic acids is 1. The minimum Gasteiger partial charge on any atom is -0.493 e. The Morgan fingerprint density at radius 2 is 1.56 bits per heavy atom. The van der Waals surface area contributed by atoms with Gasteiger partial charge in [0.25, 0.3) is 0 Å². The molecule has 3 aromatic carbocycles. The fraction of sp³-hybridized carbons (Fsp3) is 0.200. The normalized spacial score (nSPS) is 11.3. The second-order valence-electron chi connectivity index (χ2n) is 7.01. The smallest absolute Gasteiger partial charge is 0.415 e. The van der Waals surface area contributed by atoms with Gasteiger partial charge in [0.05, 0.1) is 19.9 Å². The third-order valence-corrected chi connectivity index (χ3v) is 5.00. The van der Waals surface area contributed by atoms with Crippen molar-refractivity contribution >= 4 is 17.7 Å². The number of carboxylic acids is 1. The number of hydrogen-bond acceptors (Lipinski definition) is 5. The first-order valence-corrected chi connectivity index (χ1v) is 10.0. The van der Waals surface area contributed by atoms with Crippen LogP contribution in [0.1, 0.15) is 12.5 Å². The number of amides is 1. The second kappa shape index (κ2) is 10.3. The Kier molecular flexibility index (Phi) is 7.33. The molecule has 1 N–H and O–H groups in total. The van der Waals surface area contributed by atoms with Gasteiger partial charge in [0.2, 0.25) is 0 Å². The van der Waals surface area contributed by atoms with Gasteiger partial charge in [-0.3, -0.25) is 4.90 Å². The number of ether oxygens (including phenoxy) is 3. The molecule has 0 radical (unpaired) electrons. The van der Waals surface area contributed by atoms with Gasteiger partial charge in [-0.2, -0.15) is 0 Å². The number of nitrogens with zero attached hydrogens (tertiary/aromatic N) is 1. The summed E-state index contributed by atoms with van der Waals surface area (Å²) in [6.45, 7) is 1.47. The molecule has 7 nitrogen and oxygen atoms in total. The molecule has 1 amide bonds. The summed E-state index contributed by atoms with van der Waals surface area (Å²) in [5.74, 6) is -0.0696. The van der Waals surface area contributed by atoms with Crippen LogP contribution in [0.15, 0.2) is 72.8 Å². The van der Waals surface area contributed by atoms with Gasteiger partial charge in [-0.15, -0.1) is 0 Å². The zero-order valence-electron chi connectivity index (χ0n) is 18.1. The third-order valence-electron chi connectivity index (χ3n) is 5.00. The lowest BCUT2D eigenvalue weighted by Crippen LogP contribution is -2.44. The summed E-state index contributed by atoms with van der Waals surface area (Å²) >= 11 is 0. The molecule has 3 rings (SSSR count). The number of rotatable bonds is 8. The van der Waals surface area contributed by atoms with Crippen molar-refractivity contribution in [2.45, 2.75) is 19.6 Å². The lowest BCUT2D eigenvalue weighted by atomic mass is 10.0. The van der Waals surface area contributed by atoms with Crippen LogP contribution >= 0.6 is 0 Å². The third kappa shape index (κ3) is 5.00. The van der Waals surface area contributed by atoms with E-state index in [0.29, 0.717) is 22.7 Å². The van der Waals surface area contributed by atoms with Crippen molar-refractivity contribution in [2.24, 2.45) is 0 Å². The highest BCUT2D eigenvalue weighted by molar-refractivity contribution is 5.99. The summed E-state index contributed by atoms with van der Waals surface area (Å²) in [7, 11) is 3.08. The maximum absolute atomic E-state index is 13.1. The lowest BCUT2D eigenvalue weighted by Gasteiger charge is -2.28. The topological polar surface area (TPSA) is 85.3 Å². The van der Waals surface area contributed by atoms with E-state index >= 15 is 0 Å². The Bertz CT molecular complexity index is 1080. The molecule has 1 atom stereocenters. The molecule has 0 saturated carbocycles. The fourth-order valence-electron chi connectivity index (χ4n) is 3.30. The highest BCUT2D eigenvalue weighted by Crippen LogP contribution is 2.37. The SMILES string of the molecule is COc1ccc(-c2ccccc2N(C(=O)OCc2ccccc2)[C@@H](C)C(=O)O)cc1OC. The van der Waals surface area contributed by atoms with Crippen LogP contribution in [0.5, 0.6) is 11.5 Å². The number of anilines is 1. The molecule has 0 fully saturated rings. The van der Waals surface area contributed by atoms with Gasteiger partial charge in [0, 0.05) is 5.56 Å². The lowest BCUT2D eigenvalue weighted by molar-refractivity contribution is -0.138. The van der Waals surface area contributed by atoms with E-state index in [-0.39, 0.29) is 6.61 Å².